The molecule has 0 aliphatic carbocycles. The van der Waals surface area contributed by atoms with Gasteiger partial charge in [-0.25, -0.2) is 0 Å². The summed E-state index contributed by atoms with van der Waals surface area (Å²) < 4.78 is 4.66. The van der Waals surface area contributed by atoms with Crippen LogP contribution in [0.25, 0.3) is 0 Å². The third kappa shape index (κ3) is 6.78. The number of ether oxygens (including phenoxy) is 1. The molecule has 0 bridgehead atoms. The summed E-state index contributed by atoms with van der Waals surface area (Å²) in [7, 11) is 1.29. The number of azo groups is 1. The predicted octanol–water partition coefficient (Wildman–Crippen LogP) is 4.14. The van der Waals surface area contributed by atoms with Crippen LogP contribution in [0.3, 0.4) is 0 Å². The molecule has 2 rings (SSSR count). The van der Waals surface area contributed by atoms with Crippen molar-refractivity contribution >= 4 is 46.0 Å². The molecule has 14 nitrogen and oxygen atoms in total. The van der Waals surface area contributed by atoms with Crippen molar-refractivity contribution in [1.29, 1.82) is 5.26 Å². The van der Waals surface area contributed by atoms with E-state index in [0.29, 0.717) is 24.8 Å². The van der Waals surface area contributed by atoms with E-state index in [2.05, 4.69) is 20.3 Å². The van der Waals surface area contributed by atoms with E-state index >= 15 is 0 Å². The molecule has 0 aromatic heterocycles. The van der Waals surface area contributed by atoms with Crippen molar-refractivity contribution in [3.63, 3.8) is 0 Å². The molecule has 0 atom stereocenters. The number of carbonyl (C=O) groups is 2. The number of nitro benzene ring substituents is 2. The van der Waals surface area contributed by atoms with Crippen LogP contribution >= 0.6 is 0 Å². The number of hydrogen-bond acceptors (Lipinski definition) is 11. The van der Waals surface area contributed by atoms with E-state index in [0.717, 1.165) is 6.07 Å². The molecule has 14 heteroatoms. The Kier molecular flexibility index (Phi) is 8.87. The number of methoxy groups -OCH3 is 1. The normalized spacial score (nSPS) is 10.5. The third-order valence-corrected chi connectivity index (χ3v) is 4.71. The molecule has 0 saturated heterocycles. The number of benzene rings is 2. The average Bonchev–Trinajstić information content (AvgIpc) is 2.82. The number of nitro groups is 2. The molecule has 0 unspecified atom stereocenters. The van der Waals surface area contributed by atoms with Gasteiger partial charge in [-0.2, -0.15) is 5.26 Å². The first-order chi connectivity index (χ1) is 16.6. The summed E-state index contributed by atoms with van der Waals surface area (Å²) in [4.78, 5) is 45.8. The van der Waals surface area contributed by atoms with Crippen molar-refractivity contribution in [3.05, 3.63) is 56.1 Å². The van der Waals surface area contributed by atoms with Gasteiger partial charge in [0.1, 0.15) is 11.8 Å². The fraction of sp³-hybridized carbons (Fsp3) is 0.286. The lowest BCUT2D eigenvalue weighted by Crippen LogP contribution is -2.26. The highest BCUT2D eigenvalue weighted by Crippen LogP contribution is 2.38. The van der Waals surface area contributed by atoms with Gasteiger partial charge in [0.25, 0.3) is 5.69 Å². The summed E-state index contributed by atoms with van der Waals surface area (Å²) in [6.07, 6.45) is 0.141. The minimum atomic E-state index is -0.902. The first-order valence-electron chi connectivity index (χ1n) is 10.1. The fourth-order valence-electron chi connectivity index (χ4n) is 3.04. The van der Waals surface area contributed by atoms with Crippen molar-refractivity contribution in [2.24, 2.45) is 10.2 Å². The van der Waals surface area contributed by atoms with E-state index in [1.165, 1.54) is 20.1 Å². The topological polar surface area (TPSA) is 193 Å². The maximum atomic E-state index is 11.7. The molecule has 182 valence electrons. The van der Waals surface area contributed by atoms with Crippen LogP contribution in [-0.2, 0) is 14.3 Å². The molecule has 0 aliphatic rings. The molecular weight excluding hydrogens is 462 g/mol. The minimum absolute atomic E-state index is 0.115. The van der Waals surface area contributed by atoms with Gasteiger partial charge in [-0.15, -0.1) is 10.2 Å². The molecule has 0 saturated carbocycles. The Morgan fingerprint density at radius 1 is 1.17 bits per heavy atom. The summed E-state index contributed by atoms with van der Waals surface area (Å²) in [5.74, 6) is -0.802. The Morgan fingerprint density at radius 3 is 2.43 bits per heavy atom. The number of nitrogens with zero attached hydrogens (tertiary/aromatic N) is 6. The SMILES string of the molecule is CCN(CCC(=O)OC)c1ccc(/N=N/c2c(C#N)cc([N+](=O)[O-])cc2[N+](=O)[O-])c(NC(C)=O)c1. The van der Waals surface area contributed by atoms with Crippen LogP contribution in [-0.4, -0.2) is 41.9 Å². The van der Waals surface area contributed by atoms with E-state index in [-0.39, 0.29) is 23.8 Å². The average molecular weight is 483 g/mol. The molecule has 2 aromatic carbocycles. The van der Waals surface area contributed by atoms with Crippen LogP contribution < -0.4 is 10.2 Å². The van der Waals surface area contributed by atoms with Crippen LogP contribution in [0.2, 0.25) is 0 Å². The van der Waals surface area contributed by atoms with Gasteiger partial charge in [-0.3, -0.25) is 29.8 Å². The summed E-state index contributed by atoms with van der Waals surface area (Å²) in [6, 6.07) is 7.93. The van der Waals surface area contributed by atoms with Gasteiger partial charge in [-0.1, -0.05) is 0 Å². The zero-order chi connectivity index (χ0) is 26.1. The van der Waals surface area contributed by atoms with Crippen LogP contribution in [0.15, 0.2) is 40.6 Å². The summed E-state index contributed by atoms with van der Waals surface area (Å²) in [5, 5.41) is 42.2. The van der Waals surface area contributed by atoms with E-state index in [4.69, 9.17) is 0 Å². The van der Waals surface area contributed by atoms with Crippen molar-refractivity contribution in [2.45, 2.75) is 20.3 Å². The minimum Gasteiger partial charge on any atom is -0.469 e. The summed E-state index contributed by atoms with van der Waals surface area (Å²) in [5.41, 5.74) is -1.29. The first-order valence-corrected chi connectivity index (χ1v) is 10.1. The van der Waals surface area contributed by atoms with Crippen LogP contribution in [0, 0.1) is 31.6 Å². The van der Waals surface area contributed by atoms with Gasteiger partial charge in [0.05, 0.1) is 40.7 Å². The van der Waals surface area contributed by atoms with E-state index in [1.807, 2.05) is 11.8 Å². The van der Waals surface area contributed by atoms with Crippen molar-refractivity contribution < 1.29 is 24.2 Å². The predicted molar refractivity (Wildman–Crippen MR) is 124 cm³/mol. The molecule has 0 fully saturated rings. The Labute approximate surface area is 199 Å². The highest BCUT2D eigenvalue weighted by Gasteiger charge is 2.24. The number of esters is 1. The number of rotatable bonds is 10. The largest absolute Gasteiger partial charge is 0.469 e. The van der Waals surface area contributed by atoms with Gasteiger partial charge < -0.3 is 15.0 Å². The Morgan fingerprint density at radius 2 is 1.89 bits per heavy atom. The summed E-state index contributed by atoms with van der Waals surface area (Å²) >= 11 is 0. The number of nitrogens with one attached hydrogen (secondary N) is 1. The van der Waals surface area contributed by atoms with E-state index < -0.39 is 38.4 Å². The fourth-order valence-corrected chi connectivity index (χ4v) is 3.04. The van der Waals surface area contributed by atoms with E-state index in [9.17, 15) is 35.1 Å². The molecule has 0 radical (unpaired) electrons. The van der Waals surface area contributed by atoms with Gasteiger partial charge in [0.2, 0.25) is 5.91 Å². The maximum Gasteiger partial charge on any atom is 0.307 e. The molecule has 0 spiro atoms. The molecule has 0 heterocycles. The second-order valence-corrected chi connectivity index (χ2v) is 6.98. The number of amides is 1. The lowest BCUT2D eigenvalue weighted by molar-refractivity contribution is -0.393. The number of nitriles is 1. The number of anilines is 2. The molecule has 1 N–H and O–H groups in total. The molecule has 0 aliphatic heterocycles. The maximum absolute atomic E-state index is 11.7. The smallest absolute Gasteiger partial charge is 0.307 e. The van der Waals surface area contributed by atoms with Crippen molar-refractivity contribution in [2.75, 3.05) is 30.4 Å². The van der Waals surface area contributed by atoms with Crippen LogP contribution in [0.4, 0.5) is 34.1 Å². The van der Waals surface area contributed by atoms with Crippen molar-refractivity contribution in [3.8, 4) is 6.07 Å². The monoisotopic (exact) mass is 483 g/mol. The van der Waals surface area contributed by atoms with E-state index in [1.54, 1.807) is 18.2 Å². The number of hydrogen-bond donors (Lipinski definition) is 1. The second-order valence-electron chi connectivity index (χ2n) is 6.98. The lowest BCUT2D eigenvalue weighted by atomic mass is 10.1. The number of non-ortho nitro benzene ring substituents is 1. The highest BCUT2D eigenvalue weighted by atomic mass is 16.6. The van der Waals surface area contributed by atoms with Gasteiger partial charge in [0.15, 0.2) is 5.69 Å². The Balaban J connectivity index is 2.53. The Bertz CT molecular complexity index is 1240. The number of carbonyl (C=O) groups excluding carboxylic acids is 2. The zero-order valence-electron chi connectivity index (χ0n) is 19.0. The second kappa shape index (κ2) is 11.8. The Hall–Kier alpha value is -4.93. The first kappa shape index (κ1) is 26.3. The summed E-state index contributed by atoms with van der Waals surface area (Å²) in [6.45, 7) is 4.04. The van der Waals surface area contributed by atoms with Gasteiger partial charge in [0, 0.05) is 31.8 Å². The third-order valence-electron chi connectivity index (χ3n) is 4.71. The highest BCUT2D eigenvalue weighted by molar-refractivity contribution is 5.93. The standard InChI is InChI=1S/C21H21N7O7/c1-4-26(8-7-20(30)35-3)15-5-6-17(18(10-15)23-13(2)29)24-25-21-14(12-22)9-16(27(31)32)11-19(21)28(33)34/h5-6,9-11H,4,7-8H2,1-3H3,(H,23,29)/b25-24+. The quantitative estimate of drug-likeness (QED) is 0.224. The van der Waals surface area contributed by atoms with Crippen LogP contribution in [0.1, 0.15) is 25.8 Å². The molecule has 2 aromatic rings. The van der Waals surface area contributed by atoms with Gasteiger partial charge in [-0.05, 0) is 25.1 Å². The zero-order valence-corrected chi connectivity index (χ0v) is 19.0. The van der Waals surface area contributed by atoms with Crippen molar-refractivity contribution in [1.82, 2.24) is 0 Å². The van der Waals surface area contributed by atoms with Gasteiger partial charge >= 0.3 is 11.7 Å². The molecule has 35 heavy (non-hydrogen) atoms. The lowest BCUT2D eigenvalue weighted by Gasteiger charge is -2.23. The van der Waals surface area contributed by atoms with Crippen LogP contribution in [0.5, 0.6) is 0 Å². The molecule has 1 amide bonds. The molecular formula is C21H21N7O7.